The van der Waals surface area contributed by atoms with Crippen molar-refractivity contribution in [3.63, 3.8) is 0 Å². The maximum atomic E-state index is 14.7. The highest BCUT2D eigenvalue weighted by Gasteiger charge is 2.42. The fourth-order valence-electron chi connectivity index (χ4n) is 10.2. The lowest BCUT2D eigenvalue weighted by molar-refractivity contribution is -0.155. The van der Waals surface area contributed by atoms with E-state index in [1.54, 1.807) is 37.4 Å². The zero-order valence-corrected chi connectivity index (χ0v) is 40.1. The van der Waals surface area contributed by atoms with E-state index in [4.69, 9.17) is 14.5 Å². The van der Waals surface area contributed by atoms with E-state index in [9.17, 15) is 29.1 Å². The Morgan fingerprint density at radius 2 is 1.83 bits per heavy atom. The van der Waals surface area contributed by atoms with Gasteiger partial charge in [-0.3, -0.25) is 34.0 Å². The average Bonchev–Trinajstić information content (AvgIpc) is 3.83. The van der Waals surface area contributed by atoms with Crippen LogP contribution in [0.25, 0.3) is 33.3 Å². The Labute approximate surface area is 388 Å². The number of amides is 4. The first kappa shape index (κ1) is 48.1. The van der Waals surface area contributed by atoms with Gasteiger partial charge in [0.2, 0.25) is 17.7 Å². The van der Waals surface area contributed by atoms with E-state index >= 15 is 0 Å². The second kappa shape index (κ2) is 19.6. The number of benzene rings is 2. The van der Waals surface area contributed by atoms with Gasteiger partial charge in [0.05, 0.1) is 30.0 Å². The molecule has 0 spiro atoms. The second-order valence-corrected chi connectivity index (χ2v) is 19.7. The van der Waals surface area contributed by atoms with Gasteiger partial charge in [-0.25, -0.2) is 5.43 Å². The van der Waals surface area contributed by atoms with Gasteiger partial charge in [0.15, 0.2) is 0 Å². The molecule has 15 nitrogen and oxygen atoms in total. The number of likely N-dealkylation sites (tertiary alicyclic amines) is 1. The highest BCUT2D eigenvalue weighted by molar-refractivity contribution is 5.96. The smallest absolute Gasteiger partial charge is 0.324 e. The summed E-state index contributed by atoms with van der Waals surface area (Å²) in [4.78, 5) is 77.4. The van der Waals surface area contributed by atoms with Gasteiger partial charge in [-0.2, -0.15) is 0 Å². The van der Waals surface area contributed by atoms with E-state index in [1.807, 2.05) is 45.9 Å². The number of nitrogens with one attached hydrogen (secondary N) is 2. The Bertz CT molecular complexity index is 2500. The molecule has 6 bridgehead atoms. The zero-order chi connectivity index (χ0) is 47.8. The average molecular weight is 906 g/mol. The molecule has 0 radical (unpaired) electrons. The van der Waals surface area contributed by atoms with Crippen LogP contribution in [0.2, 0.25) is 0 Å². The van der Waals surface area contributed by atoms with E-state index in [2.05, 4.69) is 54.3 Å². The predicted octanol–water partition coefficient (Wildman–Crippen LogP) is 6.05. The van der Waals surface area contributed by atoms with Crippen LogP contribution in [0, 0.1) is 23.2 Å². The van der Waals surface area contributed by atoms with Gasteiger partial charge in [-0.15, -0.1) is 0 Å². The van der Waals surface area contributed by atoms with Crippen molar-refractivity contribution in [2.24, 2.45) is 23.2 Å². The number of hydrogen-bond acceptors (Lipinski definition) is 10. The topological polar surface area (TPSA) is 176 Å². The van der Waals surface area contributed by atoms with Gasteiger partial charge >= 0.3 is 5.97 Å². The number of hydrazine groups is 1. The van der Waals surface area contributed by atoms with Crippen LogP contribution in [0.15, 0.2) is 54.7 Å². The molecule has 0 unspecified atom stereocenters. The molecule has 6 atom stereocenters. The minimum absolute atomic E-state index is 0.00547. The van der Waals surface area contributed by atoms with Crippen LogP contribution in [-0.2, 0) is 52.8 Å². The predicted molar refractivity (Wildman–Crippen MR) is 252 cm³/mol. The Balaban J connectivity index is 1.32. The van der Waals surface area contributed by atoms with Crippen molar-refractivity contribution in [3.8, 4) is 28.1 Å². The number of hydrogen-bond donors (Lipinski definition) is 3. The van der Waals surface area contributed by atoms with Gasteiger partial charge < -0.3 is 34.3 Å². The number of methoxy groups -OCH3 is 1. The molecular formula is C51H67N7O8. The number of aromatic nitrogens is 2. The molecule has 0 saturated carbocycles. The quantitative estimate of drug-likeness (QED) is 0.168. The molecule has 2 aromatic carbocycles. The first-order valence-corrected chi connectivity index (χ1v) is 23.4. The summed E-state index contributed by atoms with van der Waals surface area (Å²) in [7, 11) is 3.27. The number of aromatic hydroxyl groups is 1. The van der Waals surface area contributed by atoms with Crippen molar-refractivity contribution in [2.45, 2.75) is 112 Å². The number of phenolic OH excluding ortho intramolecular Hbond substituents is 1. The van der Waals surface area contributed by atoms with Crippen LogP contribution < -0.4 is 10.7 Å². The maximum Gasteiger partial charge on any atom is 0.324 e. The minimum Gasteiger partial charge on any atom is -0.508 e. The fourth-order valence-corrected chi connectivity index (χ4v) is 10.2. The Morgan fingerprint density at radius 3 is 2.52 bits per heavy atom. The summed E-state index contributed by atoms with van der Waals surface area (Å²) in [6.07, 6.45) is 2.98. The molecule has 7 rings (SSSR count). The number of carbonyl (C=O) groups is 5. The zero-order valence-electron chi connectivity index (χ0n) is 40.1. The van der Waals surface area contributed by atoms with Crippen LogP contribution in [0.3, 0.4) is 0 Å². The van der Waals surface area contributed by atoms with E-state index in [-0.39, 0.29) is 61.6 Å². The number of ether oxygens (including phenoxy) is 2. The number of fused-ring (bicyclic) bond motifs is 6. The third-order valence-electron chi connectivity index (χ3n) is 13.7. The molecule has 3 N–H and O–H groups in total. The Morgan fingerprint density at radius 1 is 1.08 bits per heavy atom. The molecule has 5 heterocycles. The summed E-state index contributed by atoms with van der Waals surface area (Å²) in [6, 6.07) is 12.6. The lowest BCUT2D eigenvalue weighted by Gasteiger charge is -2.37. The van der Waals surface area contributed by atoms with Crippen LogP contribution in [-0.4, -0.2) is 118 Å². The maximum absolute atomic E-state index is 14.7. The third-order valence-corrected chi connectivity index (χ3v) is 13.7. The molecular weight excluding hydrogens is 839 g/mol. The summed E-state index contributed by atoms with van der Waals surface area (Å²) in [5.41, 5.74) is 9.56. The molecule has 15 heteroatoms. The van der Waals surface area contributed by atoms with Gasteiger partial charge in [-0.05, 0) is 104 Å². The van der Waals surface area contributed by atoms with Gasteiger partial charge in [0.1, 0.15) is 23.9 Å². The molecule has 2 aromatic heterocycles. The van der Waals surface area contributed by atoms with Crippen molar-refractivity contribution in [3.05, 3.63) is 71.5 Å². The second-order valence-electron chi connectivity index (χ2n) is 19.7. The summed E-state index contributed by atoms with van der Waals surface area (Å²) in [5, 5.41) is 16.7. The number of rotatable bonds is 9. The highest BCUT2D eigenvalue weighted by atomic mass is 16.5. The van der Waals surface area contributed by atoms with Crippen molar-refractivity contribution in [1.29, 1.82) is 0 Å². The van der Waals surface area contributed by atoms with E-state index in [0.717, 1.165) is 44.5 Å². The van der Waals surface area contributed by atoms with Gasteiger partial charge in [-0.1, -0.05) is 46.8 Å². The Hall–Kier alpha value is -5.80. The lowest BCUT2D eigenvalue weighted by atomic mass is 9.84. The number of nitrogens with zero attached hydrogens (tertiary/aromatic N) is 5. The number of pyridine rings is 1. The van der Waals surface area contributed by atoms with Crippen LogP contribution in [0.5, 0.6) is 5.75 Å². The Kier molecular flexibility index (Phi) is 14.3. The molecule has 2 saturated heterocycles. The minimum atomic E-state index is -1.16. The monoisotopic (exact) mass is 906 g/mol. The number of phenols is 1. The van der Waals surface area contributed by atoms with Gasteiger partial charge in [0, 0.05) is 81.8 Å². The van der Waals surface area contributed by atoms with Crippen molar-refractivity contribution in [1.82, 2.24) is 35.1 Å². The lowest BCUT2D eigenvalue weighted by Crippen LogP contribution is -2.62. The molecule has 4 aromatic rings. The standard InChI is InChI=1S/C51H67N7O8/c1-11-57-43-17-16-34-24-38(43)39(46(57)37-14-12-18-52-44(37)31(5)65-10)25-51(7,8)28-66-50(64)41-15-13-19-58(54-41)49(63)42(22-33-20-35(34)23-36(60)21-33)53-47(61)45(29(2)3)55(9)48(62)40-27-56(32(6)59)26-30(40)4/h12,14,16-18,20-21,23-24,29-31,40-42,45,54,60H,11,13,15,19,22,25-28H2,1-10H3,(H,53,61)/t30-,31-,40+,41-,42-,45-/m0/s1. The number of carbonyl (C=O) groups excluding carboxylic acids is 5. The summed E-state index contributed by atoms with van der Waals surface area (Å²) < 4.78 is 14.2. The number of esters is 1. The molecule has 2 fully saturated rings. The molecule has 66 heavy (non-hydrogen) atoms. The van der Waals surface area contributed by atoms with Crippen LogP contribution in [0.4, 0.5) is 0 Å². The largest absolute Gasteiger partial charge is 0.508 e. The van der Waals surface area contributed by atoms with Gasteiger partial charge in [0.25, 0.3) is 5.91 Å². The van der Waals surface area contributed by atoms with Crippen LogP contribution >= 0.6 is 0 Å². The van der Waals surface area contributed by atoms with Crippen molar-refractivity contribution in [2.75, 3.05) is 40.4 Å². The number of aryl methyl sites for hydroxylation is 1. The van der Waals surface area contributed by atoms with E-state index in [1.165, 1.54) is 16.8 Å². The summed E-state index contributed by atoms with van der Waals surface area (Å²) >= 11 is 0. The highest BCUT2D eigenvalue weighted by Crippen LogP contribution is 2.42. The fraction of sp³-hybridized carbons (Fsp3) is 0.529. The van der Waals surface area contributed by atoms with E-state index in [0.29, 0.717) is 37.9 Å². The third kappa shape index (κ3) is 9.83. The molecule has 0 aliphatic carbocycles. The summed E-state index contributed by atoms with van der Waals surface area (Å²) in [6.45, 7) is 17.1. The number of likely N-dealkylation sites (N-methyl/N-ethyl adjacent to an activating group) is 1. The van der Waals surface area contributed by atoms with Crippen molar-refractivity contribution < 1.29 is 38.6 Å². The first-order valence-electron chi connectivity index (χ1n) is 23.4. The first-order chi connectivity index (χ1) is 31.3. The SMILES string of the molecule is CCn1c(-c2cccnc2[C@H](C)OC)c2c3cc(ccc31)-c1cc(O)cc(c1)C[C@H](NC(=O)[C@H](C(C)C)N(C)C(=O)[C@@H]1CN(C(C)=O)C[C@@H]1C)C(=O)N1CCC[C@H](N1)C(=O)OCC(C)(C)C2. The molecule has 4 amide bonds. The van der Waals surface area contributed by atoms with Crippen molar-refractivity contribution >= 4 is 40.5 Å². The molecule has 3 aliphatic heterocycles. The normalized spacial score (nSPS) is 22.2. The number of cyclic esters (lactones) is 1. The molecule has 354 valence electrons. The molecule has 3 aliphatic rings. The summed E-state index contributed by atoms with van der Waals surface area (Å²) in [5.74, 6) is -2.75. The van der Waals surface area contributed by atoms with Crippen LogP contribution in [0.1, 0.15) is 91.2 Å². The van der Waals surface area contributed by atoms with E-state index < -0.39 is 47.2 Å².